The summed E-state index contributed by atoms with van der Waals surface area (Å²) in [6, 6.07) is 13.7. The molecule has 1 aliphatic rings. The van der Waals surface area contributed by atoms with E-state index in [1.54, 1.807) is 30.3 Å². The summed E-state index contributed by atoms with van der Waals surface area (Å²) in [5.74, 6) is -0.343. The van der Waals surface area contributed by atoms with E-state index in [1.165, 1.54) is 31.4 Å². The summed E-state index contributed by atoms with van der Waals surface area (Å²) < 4.78 is 56.6. The summed E-state index contributed by atoms with van der Waals surface area (Å²) in [5.41, 5.74) is 0.700. The lowest BCUT2D eigenvalue weighted by Crippen LogP contribution is -2.46. The first-order chi connectivity index (χ1) is 12.7. The third kappa shape index (κ3) is 4.32. The first-order valence-corrected chi connectivity index (χ1v) is 11.6. The van der Waals surface area contributed by atoms with Crippen LogP contribution in [0.15, 0.2) is 59.5 Å². The van der Waals surface area contributed by atoms with E-state index in [0.29, 0.717) is 11.3 Å². The molecule has 0 aliphatic carbocycles. The number of aliphatic hydroxyl groups is 1. The Hall–Kier alpha value is -1.94. The highest BCUT2D eigenvalue weighted by Gasteiger charge is 2.44. The van der Waals surface area contributed by atoms with Crippen molar-refractivity contribution in [3.63, 3.8) is 0 Å². The highest BCUT2D eigenvalue weighted by Crippen LogP contribution is 2.28. The van der Waals surface area contributed by atoms with Crippen LogP contribution in [-0.2, 0) is 26.4 Å². The number of sulfone groups is 1. The SMILES string of the molecule is COc1ccc(S(=O)(=O)N(Cc2ccccc2)[C@H]2CS(=O)(=O)C[C@@H]2O)cc1. The van der Waals surface area contributed by atoms with Gasteiger partial charge in [0.05, 0.1) is 35.7 Å². The maximum Gasteiger partial charge on any atom is 0.243 e. The predicted molar refractivity (Wildman–Crippen MR) is 101 cm³/mol. The Morgan fingerprint density at radius 1 is 1.07 bits per heavy atom. The van der Waals surface area contributed by atoms with E-state index in [1.807, 2.05) is 0 Å². The maximum atomic E-state index is 13.3. The molecule has 0 bridgehead atoms. The second-order valence-corrected chi connectivity index (χ2v) is 10.5. The zero-order valence-corrected chi connectivity index (χ0v) is 16.4. The van der Waals surface area contributed by atoms with Gasteiger partial charge in [0.2, 0.25) is 10.0 Å². The van der Waals surface area contributed by atoms with Gasteiger partial charge in [0.1, 0.15) is 5.75 Å². The zero-order valence-electron chi connectivity index (χ0n) is 14.7. The highest BCUT2D eigenvalue weighted by atomic mass is 32.2. The molecule has 0 unspecified atom stereocenters. The first-order valence-electron chi connectivity index (χ1n) is 8.31. The molecule has 0 spiro atoms. The molecular weight excluding hydrogens is 390 g/mol. The molecule has 1 aliphatic heterocycles. The largest absolute Gasteiger partial charge is 0.497 e. The Balaban J connectivity index is 2.02. The van der Waals surface area contributed by atoms with E-state index in [-0.39, 0.29) is 11.4 Å². The van der Waals surface area contributed by atoms with Gasteiger partial charge in [-0.25, -0.2) is 16.8 Å². The van der Waals surface area contributed by atoms with E-state index < -0.39 is 43.5 Å². The normalized spacial score (nSPS) is 22.0. The first kappa shape index (κ1) is 19.8. The Morgan fingerprint density at radius 3 is 2.22 bits per heavy atom. The van der Waals surface area contributed by atoms with Crippen molar-refractivity contribution in [2.45, 2.75) is 23.6 Å². The predicted octanol–water partition coefficient (Wildman–Crippen LogP) is 1.04. The fourth-order valence-electron chi connectivity index (χ4n) is 3.11. The number of rotatable bonds is 6. The quantitative estimate of drug-likeness (QED) is 0.762. The molecular formula is C18H21NO6S2. The topological polar surface area (TPSA) is 101 Å². The molecule has 0 radical (unpaired) electrons. The molecule has 146 valence electrons. The molecule has 27 heavy (non-hydrogen) atoms. The van der Waals surface area contributed by atoms with Crippen LogP contribution in [0, 0.1) is 0 Å². The van der Waals surface area contributed by atoms with Gasteiger partial charge in [0.15, 0.2) is 9.84 Å². The molecule has 1 saturated heterocycles. The van der Waals surface area contributed by atoms with Crippen LogP contribution in [0.1, 0.15) is 5.56 Å². The van der Waals surface area contributed by atoms with Gasteiger partial charge in [-0.2, -0.15) is 4.31 Å². The zero-order chi connectivity index (χ0) is 19.7. The number of nitrogens with zero attached hydrogens (tertiary/aromatic N) is 1. The Labute approximate surface area is 159 Å². The van der Waals surface area contributed by atoms with E-state index >= 15 is 0 Å². The molecule has 1 fully saturated rings. The molecule has 2 atom stereocenters. The number of benzene rings is 2. The van der Waals surface area contributed by atoms with Crippen molar-refractivity contribution in [2.75, 3.05) is 18.6 Å². The van der Waals surface area contributed by atoms with Crippen molar-refractivity contribution >= 4 is 19.9 Å². The van der Waals surface area contributed by atoms with Crippen molar-refractivity contribution in [2.24, 2.45) is 0 Å². The van der Waals surface area contributed by atoms with E-state index in [4.69, 9.17) is 4.74 Å². The standard InChI is InChI=1S/C18H21NO6S2/c1-25-15-7-9-16(10-8-15)27(23,24)19(11-14-5-3-2-4-6-14)17-12-26(21,22)13-18(17)20/h2-10,17-18,20H,11-13H2,1H3/t17-,18-/m0/s1. The van der Waals surface area contributed by atoms with Gasteiger partial charge in [-0.1, -0.05) is 30.3 Å². The van der Waals surface area contributed by atoms with Gasteiger partial charge in [-0.3, -0.25) is 0 Å². The molecule has 0 saturated carbocycles. The second kappa shape index (κ2) is 7.59. The van der Waals surface area contributed by atoms with Crippen LogP contribution in [0.4, 0.5) is 0 Å². The molecule has 2 aromatic carbocycles. The highest BCUT2D eigenvalue weighted by molar-refractivity contribution is 7.92. The molecule has 1 heterocycles. The molecule has 2 aromatic rings. The molecule has 1 N–H and O–H groups in total. The van der Waals surface area contributed by atoms with Crippen LogP contribution >= 0.6 is 0 Å². The minimum absolute atomic E-state index is 0.00993. The molecule has 9 heteroatoms. The fourth-order valence-corrected chi connectivity index (χ4v) is 6.65. The number of aliphatic hydroxyl groups excluding tert-OH is 1. The third-order valence-electron chi connectivity index (χ3n) is 4.51. The van der Waals surface area contributed by atoms with Gasteiger partial charge in [-0.15, -0.1) is 0 Å². The summed E-state index contributed by atoms with van der Waals surface area (Å²) in [6.07, 6.45) is -1.27. The number of hydrogen-bond donors (Lipinski definition) is 1. The van der Waals surface area contributed by atoms with Crippen LogP contribution in [0.5, 0.6) is 5.75 Å². The molecule has 0 aromatic heterocycles. The lowest BCUT2D eigenvalue weighted by atomic mass is 10.2. The molecule has 3 rings (SSSR count). The Morgan fingerprint density at radius 2 is 1.70 bits per heavy atom. The van der Waals surface area contributed by atoms with E-state index in [9.17, 15) is 21.9 Å². The smallest absolute Gasteiger partial charge is 0.243 e. The van der Waals surface area contributed by atoms with Gasteiger partial charge in [0.25, 0.3) is 0 Å². The van der Waals surface area contributed by atoms with Gasteiger partial charge in [0, 0.05) is 6.54 Å². The second-order valence-electron chi connectivity index (χ2n) is 6.42. The van der Waals surface area contributed by atoms with Gasteiger partial charge >= 0.3 is 0 Å². The summed E-state index contributed by atoms with van der Waals surface area (Å²) in [6.45, 7) is -0.0353. The summed E-state index contributed by atoms with van der Waals surface area (Å²) in [7, 11) is -6.07. The number of sulfonamides is 1. The van der Waals surface area contributed by atoms with E-state index in [2.05, 4.69) is 0 Å². The van der Waals surface area contributed by atoms with Crippen molar-refractivity contribution < 1.29 is 26.7 Å². The number of methoxy groups -OCH3 is 1. The van der Waals surface area contributed by atoms with Crippen LogP contribution in [0.3, 0.4) is 0 Å². The lowest BCUT2D eigenvalue weighted by molar-refractivity contribution is 0.125. The summed E-state index contributed by atoms with van der Waals surface area (Å²) in [5, 5.41) is 10.3. The minimum atomic E-state index is -4.04. The van der Waals surface area contributed by atoms with Gasteiger partial charge in [-0.05, 0) is 29.8 Å². The van der Waals surface area contributed by atoms with Crippen molar-refractivity contribution in [1.82, 2.24) is 4.31 Å². The third-order valence-corrected chi connectivity index (χ3v) is 8.09. The van der Waals surface area contributed by atoms with Crippen LogP contribution in [0.2, 0.25) is 0 Å². The Bertz CT molecular complexity index is 988. The fraction of sp³-hybridized carbons (Fsp3) is 0.333. The van der Waals surface area contributed by atoms with Crippen LogP contribution in [0.25, 0.3) is 0 Å². The monoisotopic (exact) mass is 411 g/mol. The van der Waals surface area contributed by atoms with E-state index in [0.717, 1.165) is 4.31 Å². The van der Waals surface area contributed by atoms with Crippen molar-refractivity contribution in [3.05, 3.63) is 60.2 Å². The number of ether oxygens (including phenoxy) is 1. The van der Waals surface area contributed by atoms with Crippen LogP contribution in [-0.4, -0.2) is 57.0 Å². The summed E-state index contributed by atoms with van der Waals surface area (Å²) >= 11 is 0. The lowest BCUT2D eigenvalue weighted by Gasteiger charge is -2.29. The average Bonchev–Trinajstić information content (AvgIpc) is 2.92. The molecule has 0 amide bonds. The maximum absolute atomic E-state index is 13.3. The van der Waals surface area contributed by atoms with Crippen molar-refractivity contribution in [1.29, 1.82) is 0 Å². The number of hydrogen-bond acceptors (Lipinski definition) is 6. The van der Waals surface area contributed by atoms with Gasteiger partial charge < -0.3 is 9.84 Å². The minimum Gasteiger partial charge on any atom is -0.497 e. The summed E-state index contributed by atoms with van der Waals surface area (Å²) in [4.78, 5) is 0.00993. The Kier molecular flexibility index (Phi) is 5.57. The molecule has 7 nitrogen and oxygen atoms in total. The van der Waals surface area contributed by atoms with Crippen molar-refractivity contribution in [3.8, 4) is 5.75 Å². The van der Waals surface area contributed by atoms with Crippen LogP contribution < -0.4 is 4.74 Å². The average molecular weight is 412 g/mol.